The van der Waals surface area contributed by atoms with Crippen LogP contribution in [0.25, 0.3) is 11.5 Å². The molecule has 9 nitrogen and oxygen atoms in total. The SMILES string of the molecule is Nc1c(-c2ncc[nH]2)ncn1C[C@H](O)[C@@H](O)[C@H](O)CO. The van der Waals surface area contributed by atoms with E-state index < -0.39 is 24.9 Å². The highest BCUT2D eigenvalue weighted by atomic mass is 16.4. The predicted molar refractivity (Wildman–Crippen MR) is 69.3 cm³/mol. The maximum absolute atomic E-state index is 9.79. The number of nitrogen functional groups attached to an aromatic ring is 1. The summed E-state index contributed by atoms with van der Waals surface area (Å²) in [5, 5.41) is 37.4. The van der Waals surface area contributed by atoms with Crippen LogP contribution in [0.1, 0.15) is 0 Å². The van der Waals surface area contributed by atoms with Crippen molar-refractivity contribution in [1.29, 1.82) is 0 Å². The van der Waals surface area contributed by atoms with E-state index >= 15 is 0 Å². The van der Waals surface area contributed by atoms with Crippen LogP contribution < -0.4 is 5.73 Å². The van der Waals surface area contributed by atoms with E-state index in [1.54, 1.807) is 12.4 Å². The maximum Gasteiger partial charge on any atom is 0.159 e. The first-order chi connectivity index (χ1) is 9.54. The smallest absolute Gasteiger partial charge is 0.159 e. The molecule has 0 aromatic carbocycles. The van der Waals surface area contributed by atoms with E-state index in [-0.39, 0.29) is 12.4 Å². The normalized spacial score (nSPS) is 16.0. The molecule has 0 bridgehead atoms. The zero-order chi connectivity index (χ0) is 14.7. The van der Waals surface area contributed by atoms with Crippen LogP contribution in [0.5, 0.6) is 0 Å². The van der Waals surface area contributed by atoms with Crippen molar-refractivity contribution in [1.82, 2.24) is 19.5 Å². The number of H-pyrrole nitrogens is 1. The van der Waals surface area contributed by atoms with Crippen LogP contribution in [0.3, 0.4) is 0 Å². The summed E-state index contributed by atoms with van der Waals surface area (Å²) in [4.78, 5) is 11.0. The molecular weight excluding hydrogens is 266 g/mol. The van der Waals surface area contributed by atoms with Crippen molar-refractivity contribution < 1.29 is 20.4 Å². The third kappa shape index (κ3) is 2.80. The first kappa shape index (κ1) is 14.5. The maximum atomic E-state index is 9.79. The molecule has 20 heavy (non-hydrogen) atoms. The van der Waals surface area contributed by atoms with Crippen LogP contribution in [0.4, 0.5) is 5.82 Å². The minimum atomic E-state index is -1.48. The van der Waals surface area contributed by atoms with E-state index in [1.165, 1.54) is 10.9 Å². The van der Waals surface area contributed by atoms with Crippen LogP contribution in [0.2, 0.25) is 0 Å². The molecule has 9 heteroatoms. The van der Waals surface area contributed by atoms with Crippen LogP contribution in [0, 0.1) is 0 Å². The highest BCUT2D eigenvalue weighted by molar-refractivity contribution is 5.64. The number of anilines is 1. The Hall–Kier alpha value is -1.94. The number of hydrogen-bond acceptors (Lipinski definition) is 7. The van der Waals surface area contributed by atoms with Crippen molar-refractivity contribution in [2.24, 2.45) is 0 Å². The third-order valence-electron chi connectivity index (χ3n) is 2.96. The van der Waals surface area contributed by atoms with E-state index in [0.29, 0.717) is 11.5 Å². The number of aliphatic hydroxyl groups is 4. The summed E-state index contributed by atoms with van der Waals surface area (Å²) in [6.45, 7) is -0.715. The van der Waals surface area contributed by atoms with E-state index in [9.17, 15) is 15.3 Å². The molecule has 0 amide bonds. The summed E-state index contributed by atoms with van der Waals surface area (Å²) in [5.74, 6) is 0.761. The van der Waals surface area contributed by atoms with Gasteiger partial charge in [-0.1, -0.05) is 0 Å². The van der Waals surface area contributed by atoms with Crippen molar-refractivity contribution >= 4 is 5.82 Å². The average Bonchev–Trinajstić information content (AvgIpc) is 3.08. The predicted octanol–water partition coefficient (Wildman–Crippen LogP) is -2.07. The molecule has 2 aromatic rings. The molecule has 3 atom stereocenters. The standard InChI is InChI=1S/C11H17N5O4/c12-10-8(11-13-1-2-14-11)15-5-16(10)3-6(18)9(20)7(19)4-17/h1-2,5-7,9,17-20H,3-4,12H2,(H,13,14)/t6-,7+,9+/m0/s1. The fourth-order valence-electron chi connectivity index (χ4n) is 1.79. The second-order valence-corrected chi connectivity index (χ2v) is 4.38. The summed E-state index contributed by atoms with van der Waals surface area (Å²) in [7, 11) is 0. The molecule has 7 N–H and O–H groups in total. The molecule has 2 aromatic heterocycles. The van der Waals surface area contributed by atoms with Crippen LogP contribution in [0.15, 0.2) is 18.7 Å². The molecular formula is C11H17N5O4. The topological polar surface area (TPSA) is 153 Å². The molecule has 0 radical (unpaired) electrons. The summed E-state index contributed by atoms with van der Waals surface area (Å²) < 4.78 is 1.43. The lowest BCUT2D eigenvalue weighted by atomic mass is 10.1. The van der Waals surface area contributed by atoms with Gasteiger partial charge < -0.3 is 35.7 Å². The lowest BCUT2D eigenvalue weighted by Gasteiger charge is -2.22. The van der Waals surface area contributed by atoms with Gasteiger partial charge in [-0.15, -0.1) is 0 Å². The third-order valence-corrected chi connectivity index (χ3v) is 2.96. The molecule has 2 heterocycles. The molecule has 0 unspecified atom stereocenters. The van der Waals surface area contributed by atoms with Gasteiger partial charge >= 0.3 is 0 Å². The van der Waals surface area contributed by atoms with Crippen molar-refractivity contribution in [3.63, 3.8) is 0 Å². The quantitative estimate of drug-likeness (QED) is 0.356. The summed E-state index contributed by atoms with van der Waals surface area (Å²) in [6, 6.07) is 0. The largest absolute Gasteiger partial charge is 0.394 e. The Labute approximate surface area is 114 Å². The highest BCUT2D eigenvalue weighted by Crippen LogP contribution is 2.21. The van der Waals surface area contributed by atoms with E-state index in [1.807, 2.05) is 0 Å². The number of nitrogens with two attached hydrogens (primary N) is 1. The van der Waals surface area contributed by atoms with Crippen molar-refractivity contribution in [3.8, 4) is 11.5 Å². The van der Waals surface area contributed by atoms with Gasteiger partial charge in [0.1, 0.15) is 29.8 Å². The minimum absolute atomic E-state index is 0.0717. The molecule has 0 aliphatic carbocycles. The van der Waals surface area contributed by atoms with E-state index in [2.05, 4.69) is 15.0 Å². The first-order valence-electron chi connectivity index (χ1n) is 6.00. The Kier molecular flexibility index (Phi) is 4.35. The number of nitrogens with zero attached hydrogens (tertiary/aromatic N) is 3. The zero-order valence-corrected chi connectivity index (χ0v) is 10.6. The second-order valence-electron chi connectivity index (χ2n) is 4.38. The van der Waals surface area contributed by atoms with E-state index in [0.717, 1.165) is 0 Å². The molecule has 2 rings (SSSR count). The van der Waals surface area contributed by atoms with Crippen LogP contribution >= 0.6 is 0 Å². The molecule has 110 valence electrons. The number of nitrogens with one attached hydrogen (secondary N) is 1. The van der Waals surface area contributed by atoms with E-state index in [4.69, 9.17) is 10.8 Å². The second kappa shape index (κ2) is 6.01. The van der Waals surface area contributed by atoms with Crippen LogP contribution in [-0.4, -0.2) is 64.9 Å². The number of imidazole rings is 2. The monoisotopic (exact) mass is 283 g/mol. The Morgan fingerprint density at radius 1 is 1.25 bits per heavy atom. The summed E-state index contributed by atoms with van der Waals surface area (Å²) in [6.07, 6.45) is 0.397. The van der Waals surface area contributed by atoms with Gasteiger partial charge in [0.05, 0.1) is 19.5 Å². The Morgan fingerprint density at radius 3 is 2.60 bits per heavy atom. The molecule has 0 aliphatic heterocycles. The van der Waals surface area contributed by atoms with Crippen LogP contribution in [-0.2, 0) is 6.54 Å². The molecule has 0 fully saturated rings. The number of aromatic nitrogens is 4. The first-order valence-corrected chi connectivity index (χ1v) is 6.00. The molecule has 0 aliphatic rings. The van der Waals surface area contributed by atoms with Crippen molar-refractivity contribution in [3.05, 3.63) is 18.7 Å². The molecule has 0 saturated heterocycles. The number of aliphatic hydroxyl groups excluding tert-OH is 4. The van der Waals surface area contributed by atoms with Gasteiger partial charge in [-0.3, -0.25) is 0 Å². The fraction of sp³-hybridized carbons (Fsp3) is 0.455. The summed E-state index contributed by atoms with van der Waals surface area (Å²) >= 11 is 0. The minimum Gasteiger partial charge on any atom is -0.394 e. The van der Waals surface area contributed by atoms with Crippen molar-refractivity contribution in [2.45, 2.75) is 24.9 Å². The van der Waals surface area contributed by atoms with Gasteiger partial charge in [0.25, 0.3) is 0 Å². The number of rotatable bonds is 6. The number of hydrogen-bond donors (Lipinski definition) is 6. The Bertz CT molecular complexity index is 541. The average molecular weight is 283 g/mol. The van der Waals surface area contributed by atoms with Gasteiger partial charge in [-0.2, -0.15) is 0 Å². The van der Waals surface area contributed by atoms with Gasteiger partial charge in [0.15, 0.2) is 5.82 Å². The van der Waals surface area contributed by atoms with Gasteiger partial charge in [0.2, 0.25) is 0 Å². The Morgan fingerprint density at radius 2 is 2.00 bits per heavy atom. The van der Waals surface area contributed by atoms with Gasteiger partial charge in [-0.05, 0) is 0 Å². The molecule has 0 spiro atoms. The van der Waals surface area contributed by atoms with Gasteiger partial charge in [0, 0.05) is 12.4 Å². The van der Waals surface area contributed by atoms with Gasteiger partial charge in [-0.25, -0.2) is 9.97 Å². The van der Waals surface area contributed by atoms with Crippen molar-refractivity contribution in [2.75, 3.05) is 12.3 Å². The number of aromatic amines is 1. The highest BCUT2D eigenvalue weighted by Gasteiger charge is 2.25. The summed E-state index contributed by atoms with van der Waals surface area (Å²) in [5.41, 5.74) is 6.32. The lowest BCUT2D eigenvalue weighted by molar-refractivity contribution is -0.0804. The zero-order valence-electron chi connectivity index (χ0n) is 10.6. The Balaban J connectivity index is 2.11. The molecule has 0 saturated carbocycles. The fourth-order valence-corrected chi connectivity index (χ4v) is 1.79. The lowest BCUT2D eigenvalue weighted by Crippen LogP contribution is -2.41.